The molecule has 1 heterocycles. The summed E-state index contributed by atoms with van der Waals surface area (Å²) in [5.41, 5.74) is 9.61. The minimum absolute atomic E-state index is 0.419. The molecule has 5 aromatic carbocycles. The molecule has 3 heteroatoms. The van der Waals surface area contributed by atoms with Gasteiger partial charge in [-0.05, 0) is 83.7 Å². The van der Waals surface area contributed by atoms with Crippen molar-refractivity contribution in [3.8, 4) is 44.5 Å². The van der Waals surface area contributed by atoms with E-state index in [0.29, 0.717) is 0 Å². The average molecular weight is 508 g/mol. The monoisotopic (exact) mass is 508 g/mol. The van der Waals surface area contributed by atoms with E-state index in [1.165, 1.54) is 33.4 Å². The van der Waals surface area contributed by atoms with Crippen LogP contribution >= 0.6 is 0 Å². The van der Waals surface area contributed by atoms with Crippen molar-refractivity contribution in [2.45, 2.75) is 38.9 Å². The molecule has 0 spiro atoms. The normalized spacial score (nSPS) is 15.8. The van der Waals surface area contributed by atoms with E-state index in [1.54, 1.807) is 0 Å². The Kier molecular flexibility index (Phi) is 6.50. The highest BCUT2D eigenvalue weighted by molar-refractivity contribution is 6.62. The maximum atomic E-state index is 6.54. The maximum absolute atomic E-state index is 6.54. The number of hydrogen-bond donors (Lipinski definition) is 0. The summed E-state index contributed by atoms with van der Waals surface area (Å²) in [6.07, 6.45) is 0. The van der Waals surface area contributed by atoms with Gasteiger partial charge in [-0.1, -0.05) is 121 Å². The summed E-state index contributed by atoms with van der Waals surface area (Å²) in [6, 6.07) is 45.2. The molecule has 1 fully saturated rings. The number of benzene rings is 5. The van der Waals surface area contributed by atoms with Gasteiger partial charge in [0.2, 0.25) is 0 Å². The number of rotatable bonds is 5. The molecule has 39 heavy (non-hydrogen) atoms. The fourth-order valence-electron chi connectivity index (χ4n) is 5.29. The Morgan fingerprint density at radius 3 is 1.13 bits per heavy atom. The van der Waals surface area contributed by atoms with Crippen LogP contribution in [0.1, 0.15) is 27.7 Å². The summed E-state index contributed by atoms with van der Waals surface area (Å²) < 4.78 is 13.1. The summed E-state index contributed by atoms with van der Waals surface area (Å²) in [5.74, 6) is 0. The third kappa shape index (κ3) is 4.85. The Labute approximate surface area is 232 Å². The molecule has 0 atom stereocenters. The van der Waals surface area contributed by atoms with Crippen LogP contribution in [-0.4, -0.2) is 18.3 Å². The highest BCUT2D eigenvalue weighted by Crippen LogP contribution is 2.39. The quantitative estimate of drug-likeness (QED) is 0.221. The summed E-state index contributed by atoms with van der Waals surface area (Å²) in [4.78, 5) is 0. The SMILES string of the molecule is CC1(C)OB(c2cc(-c3ccccc3-c3ccccc3)cc(-c3ccccc3-c3ccccc3)c2)OC1(C)C. The van der Waals surface area contributed by atoms with Gasteiger partial charge in [-0.15, -0.1) is 0 Å². The average Bonchev–Trinajstić information content (AvgIpc) is 3.20. The van der Waals surface area contributed by atoms with Crippen LogP contribution in [-0.2, 0) is 9.31 Å². The van der Waals surface area contributed by atoms with Crippen molar-refractivity contribution in [1.82, 2.24) is 0 Å². The van der Waals surface area contributed by atoms with Crippen LogP contribution in [0.4, 0.5) is 0 Å². The Morgan fingerprint density at radius 2 is 0.744 bits per heavy atom. The molecule has 2 nitrogen and oxygen atoms in total. The standard InChI is InChI=1S/C36H33BO2/c1-35(2)36(3,4)39-37(38-35)30-24-28(33-21-13-11-19-31(33)26-15-7-5-8-16-26)23-29(25-30)34-22-14-12-20-32(34)27-17-9-6-10-18-27/h5-25H,1-4H3. The van der Waals surface area contributed by atoms with Gasteiger partial charge in [0.25, 0.3) is 0 Å². The summed E-state index contributed by atoms with van der Waals surface area (Å²) in [6.45, 7) is 8.42. The lowest BCUT2D eigenvalue weighted by Crippen LogP contribution is -2.41. The smallest absolute Gasteiger partial charge is 0.399 e. The molecule has 192 valence electrons. The minimum atomic E-state index is -0.457. The second kappa shape index (κ2) is 10.00. The van der Waals surface area contributed by atoms with E-state index in [2.05, 4.69) is 155 Å². The molecule has 0 N–H and O–H groups in total. The lowest BCUT2D eigenvalue weighted by atomic mass is 9.75. The first-order valence-corrected chi connectivity index (χ1v) is 13.6. The fourth-order valence-corrected chi connectivity index (χ4v) is 5.29. The van der Waals surface area contributed by atoms with Crippen molar-refractivity contribution >= 4 is 12.6 Å². The molecule has 0 amide bonds. The Hall–Kier alpha value is -3.92. The van der Waals surface area contributed by atoms with Crippen molar-refractivity contribution < 1.29 is 9.31 Å². The van der Waals surface area contributed by atoms with Gasteiger partial charge in [0.1, 0.15) is 0 Å². The van der Waals surface area contributed by atoms with E-state index < -0.39 is 18.3 Å². The molecule has 0 aliphatic carbocycles. The van der Waals surface area contributed by atoms with Crippen molar-refractivity contribution in [3.63, 3.8) is 0 Å². The van der Waals surface area contributed by atoms with Crippen molar-refractivity contribution in [2.75, 3.05) is 0 Å². The van der Waals surface area contributed by atoms with Crippen LogP contribution in [0.5, 0.6) is 0 Å². The highest BCUT2D eigenvalue weighted by Gasteiger charge is 2.51. The van der Waals surface area contributed by atoms with E-state index in [1.807, 2.05) is 0 Å². The molecule has 0 saturated carbocycles. The summed E-state index contributed by atoms with van der Waals surface area (Å²) >= 11 is 0. The molecular weight excluding hydrogens is 475 g/mol. The van der Waals surface area contributed by atoms with Crippen LogP contribution in [0, 0.1) is 0 Å². The zero-order valence-corrected chi connectivity index (χ0v) is 23.0. The second-order valence-corrected chi connectivity index (χ2v) is 11.3. The zero-order chi connectivity index (χ0) is 27.0. The largest absolute Gasteiger partial charge is 0.494 e. The topological polar surface area (TPSA) is 18.5 Å². The molecule has 1 saturated heterocycles. The molecule has 5 aromatic rings. The van der Waals surface area contributed by atoms with Gasteiger partial charge in [-0.3, -0.25) is 0 Å². The first-order valence-electron chi connectivity index (χ1n) is 13.6. The first kappa shape index (κ1) is 25.4. The lowest BCUT2D eigenvalue weighted by molar-refractivity contribution is 0.00578. The van der Waals surface area contributed by atoms with E-state index in [4.69, 9.17) is 9.31 Å². The third-order valence-electron chi connectivity index (χ3n) is 8.13. The molecule has 0 radical (unpaired) electrons. The van der Waals surface area contributed by atoms with Crippen LogP contribution in [0.2, 0.25) is 0 Å². The van der Waals surface area contributed by atoms with Gasteiger partial charge in [-0.25, -0.2) is 0 Å². The lowest BCUT2D eigenvalue weighted by Gasteiger charge is -2.32. The van der Waals surface area contributed by atoms with Crippen LogP contribution in [0.3, 0.4) is 0 Å². The first-order chi connectivity index (χ1) is 18.8. The van der Waals surface area contributed by atoms with Gasteiger partial charge in [0.05, 0.1) is 11.2 Å². The van der Waals surface area contributed by atoms with Gasteiger partial charge in [-0.2, -0.15) is 0 Å². The van der Waals surface area contributed by atoms with Gasteiger partial charge in [0.15, 0.2) is 0 Å². The third-order valence-corrected chi connectivity index (χ3v) is 8.13. The van der Waals surface area contributed by atoms with E-state index in [9.17, 15) is 0 Å². The van der Waals surface area contributed by atoms with Crippen molar-refractivity contribution in [3.05, 3.63) is 127 Å². The van der Waals surface area contributed by atoms with Crippen molar-refractivity contribution in [1.29, 1.82) is 0 Å². The molecular formula is C36H33BO2. The summed E-state index contributed by atoms with van der Waals surface area (Å²) in [5, 5.41) is 0. The Bertz CT molecular complexity index is 1490. The maximum Gasteiger partial charge on any atom is 0.494 e. The minimum Gasteiger partial charge on any atom is -0.399 e. The molecule has 0 bridgehead atoms. The van der Waals surface area contributed by atoms with E-state index in [-0.39, 0.29) is 0 Å². The van der Waals surface area contributed by atoms with Crippen molar-refractivity contribution in [2.24, 2.45) is 0 Å². The van der Waals surface area contributed by atoms with Crippen LogP contribution in [0.25, 0.3) is 44.5 Å². The number of hydrogen-bond acceptors (Lipinski definition) is 2. The van der Waals surface area contributed by atoms with Crippen LogP contribution < -0.4 is 5.46 Å². The molecule has 1 aliphatic rings. The van der Waals surface area contributed by atoms with E-state index >= 15 is 0 Å². The zero-order valence-electron chi connectivity index (χ0n) is 23.0. The van der Waals surface area contributed by atoms with Gasteiger partial charge < -0.3 is 9.31 Å². The fraction of sp³-hybridized carbons (Fsp3) is 0.167. The molecule has 0 unspecified atom stereocenters. The summed E-state index contributed by atoms with van der Waals surface area (Å²) in [7, 11) is -0.457. The Balaban J connectivity index is 1.56. The van der Waals surface area contributed by atoms with Crippen LogP contribution in [0.15, 0.2) is 127 Å². The second-order valence-electron chi connectivity index (χ2n) is 11.3. The highest BCUT2D eigenvalue weighted by atomic mass is 16.7. The molecule has 6 rings (SSSR count). The Morgan fingerprint density at radius 1 is 0.410 bits per heavy atom. The van der Waals surface area contributed by atoms with Gasteiger partial charge in [0, 0.05) is 0 Å². The molecule has 0 aromatic heterocycles. The predicted molar refractivity (Wildman–Crippen MR) is 164 cm³/mol. The molecule has 1 aliphatic heterocycles. The van der Waals surface area contributed by atoms with E-state index in [0.717, 1.165) is 16.6 Å². The van der Waals surface area contributed by atoms with Gasteiger partial charge >= 0.3 is 7.12 Å². The predicted octanol–water partition coefficient (Wildman–Crippen LogP) is 8.65.